The lowest BCUT2D eigenvalue weighted by Crippen LogP contribution is -2.50. The number of halogens is 4. The van der Waals surface area contributed by atoms with Crippen LogP contribution in [0.25, 0.3) is 0 Å². The summed E-state index contributed by atoms with van der Waals surface area (Å²) in [5, 5.41) is 10.4. The van der Waals surface area contributed by atoms with Crippen molar-refractivity contribution in [1.82, 2.24) is 10.2 Å². The number of aliphatic carboxylic acids is 1. The minimum Gasteiger partial charge on any atom is -0.480 e. The van der Waals surface area contributed by atoms with Crippen LogP contribution in [0.1, 0.15) is 0 Å². The smallest absolute Gasteiger partial charge is 0.327 e. The highest BCUT2D eigenvalue weighted by molar-refractivity contribution is 7.99. The third-order valence-corrected chi connectivity index (χ3v) is 3.23. The van der Waals surface area contributed by atoms with E-state index in [1.54, 1.807) is 5.32 Å². The molecule has 5 nitrogen and oxygen atoms in total. The summed E-state index contributed by atoms with van der Waals surface area (Å²) in [6.45, 7) is -1.53. The zero-order valence-electron chi connectivity index (χ0n) is 8.91. The summed E-state index contributed by atoms with van der Waals surface area (Å²) >= 11 is 1.14. The van der Waals surface area contributed by atoms with Gasteiger partial charge in [-0.15, -0.1) is 11.8 Å². The Hall–Kier alpha value is -1.19. The number of carbonyl (C=O) groups excluding carboxylic acids is 1. The molecule has 0 bridgehead atoms. The molecule has 1 heterocycles. The first-order chi connectivity index (χ1) is 8.25. The lowest BCUT2D eigenvalue weighted by molar-refractivity contribution is -0.140. The van der Waals surface area contributed by atoms with Crippen LogP contribution in [0.15, 0.2) is 0 Å². The molecule has 18 heavy (non-hydrogen) atoms. The third-order valence-electron chi connectivity index (χ3n) is 2.22. The molecule has 104 valence electrons. The van der Waals surface area contributed by atoms with E-state index in [0.717, 1.165) is 16.7 Å². The number of carboxylic acids is 1. The van der Waals surface area contributed by atoms with Crippen molar-refractivity contribution in [2.75, 3.05) is 18.2 Å². The van der Waals surface area contributed by atoms with Gasteiger partial charge in [0.1, 0.15) is 6.04 Å². The molecule has 0 spiro atoms. The van der Waals surface area contributed by atoms with Gasteiger partial charge in [0, 0.05) is 5.75 Å². The molecule has 1 saturated heterocycles. The van der Waals surface area contributed by atoms with Crippen LogP contribution in [0.3, 0.4) is 0 Å². The quantitative estimate of drug-likeness (QED) is 0.760. The van der Waals surface area contributed by atoms with E-state index >= 15 is 0 Å². The zero-order chi connectivity index (χ0) is 13.9. The van der Waals surface area contributed by atoms with Gasteiger partial charge in [-0.2, -0.15) is 8.78 Å². The van der Waals surface area contributed by atoms with Crippen molar-refractivity contribution in [2.24, 2.45) is 0 Å². The van der Waals surface area contributed by atoms with Crippen molar-refractivity contribution in [3.8, 4) is 0 Å². The largest absolute Gasteiger partial charge is 0.480 e. The number of carbonyl (C=O) groups is 2. The highest BCUT2D eigenvalue weighted by Crippen LogP contribution is 2.23. The van der Waals surface area contributed by atoms with E-state index in [-0.39, 0.29) is 11.6 Å². The molecule has 2 N–H and O–H groups in total. The average Bonchev–Trinajstić information content (AvgIpc) is 2.74. The van der Waals surface area contributed by atoms with Crippen molar-refractivity contribution in [1.29, 1.82) is 0 Å². The molecule has 2 amide bonds. The Morgan fingerprint density at radius 3 is 2.61 bits per heavy atom. The van der Waals surface area contributed by atoms with Gasteiger partial charge in [0.25, 0.3) is 0 Å². The predicted octanol–water partition coefficient (Wildman–Crippen LogP) is 1.06. The molecule has 0 radical (unpaired) electrons. The first kappa shape index (κ1) is 14.9. The molecule has 1 atom stereocenters. The van der Waals surface area contributed by atoms with E-state index in [4.69, 9.17) is 5.11 Å². The lowest BCUT2D eigenvalue weighted by atomic mass is 10.3. The van der Waals surface area contributed by atoms with E-state index in [1.807, 2.05) is 0 Å². The number of nitrogens with one attached hydrogen (secondary N) is 1. The van der Waals surface area contributed by atoms with Crippen molar-refractivity contribution < 1.29 is 32.3 Å². The van der Waals surface area contributed by atoms with Crippen LogP contribution >= 0.6 is 11.8 Å². The summed E-state index contributed by atoms with van der Waals surface area (Å²) in [5.41, 5.74) is 0. The Labute approximate surface area is 104 Å². The molecule has 0 aromatic carbocycles. The monoisotopic (exact) mass is 290 g/mol. The summed E-state index contributed by atoms with van der Waals surface area (Å²) in [6.07, 6.45) is -3.89. The summed E-state index contributed by atoms with van der Waals surface area (Å²) in [5.74, 6) is -5.45. The van der Waals surface area contributed by atoms with Gasteiger partial charge in [0.15, 0.2) is 0 Å². The van der Waals surface area contributed by atoms with Gasteiger partial charge in [-0.25, -0.2) is 18.4 Å². The highest BCUT2D eigenvalue weighted by atomic mass is 32.2. The Bertz CT molecular complexity index is 342. The molecule has 1 aliphatic heterocycles. The first-order valence-electron chi connectivity index (χ1n) is 4.76. The van der Waals surface area contributed by atoms with Gasteiger partial charge >= 0.3 is 24.3 Å². The van der Waals surface area contributed by atoms with Crippen LogP contribution < -0.4 is 5.32 Å². The maximum absolute atomic E-state index is 12.5. The summed E-state index contributed by atoms with van der Waals surface area (Å²) < 4.78 is 48.8. The minimum absolute atomic E-state index is 0.0169. The highest BCUT2D eigenvalue weighted by Gasteiger charge is 2.42. The summed E-state index contributed by atoms with van der Waals surface area (Å²) in [4.78, 5) is 22.9. The molecule has 0 aliphatic carbocycles. The Morgan fingerprint density at radius 1 is 1.50 bits per heavy atom. The summed E-state index contributed by atoms with van der Waals surface area (Å²) in [7, 11) is 0. The predicted molar refractivity (Wildman–Crippen MR) is 54.9 cm³/mol. The number of rotatable bonds is 4. The maximum Gasteiger partial charge on any atom is 0.327 e. The molecule has 10 heteroatoms. The van der Waals surface area contributed by atoms with E-state index in [9.17, 15) is 27.2 Å². The van der Waals surface area contributed by atoms with Gasteiger partial charge < -0.3 is 15.3 Å². The number of thioether (sulfide) groups is 1. The molecule has 0 saturated carbocycles. The van der Waals surface area contributed by atoms with Gasteiger partial charge in [0.2, 0.25) is 0 Å². The van der Waals surface area contributed by atoms with Crippen molar-refractivity contribution in [2.45, 2.75) is 18.4 Å². The number of urea groups is 1. The number of nitrogens with zero attached hydrogens (tertiary/aromatic N) is 1. The van der Waals surface area contributed by atoms with Crippen molar-refractivity contribution in [3.63, 3.8) is 0 Å². The molecule has 1 unspecified atom stereocenters. The molecular weight excluding hydrogens is 280 g/mol. The minimum atomic E-state index is -4.33. The average molecular weight is 290 g/mol. The number of carboxylic acid groups (broad SMARTS) is 1. The van der Waals surface area contributed by atoms with Gasteiger partial charge in [-0.05, 0) is 0 Å². The van der Waals surface area contributed by atoms with E-state index in [0.29, 0.717) is 0 Å². The fourth-order valence-corrected chi connectivity index (χ4v) is 2.36. The fourth-order valence-electron chi connectivity index (χ4n) is 1.22. The first-order valence-corrected chi connectivity index (χ1v) is 5.92. The second kappa shape index (κ2) is 5.63. The SMILES string of the molecule is O=C(O)C1CSCN1C(=O)NCC(F)(F)C(F)F. The lowest BCUT2D eigenvalue weighted by Gasteiger charge is -2.22. The molecule has 0 aromatic heterocycles. The van der Waals surface area contributed by atoms with Crippen LogP contribution in [0, 0.1) is 0 Å². The topological polar surface area (TPSA) is 69.6 Å². The second-order valence-corrected chi connectivity index (χ2v) is 4.54. The van der Waals surface area contributed by atoms with Gasteiger partial charge in [-0.3, -0.25) is 0 Å². The van der Waals surface area contributed by atoms with Crippen LogP contribution in [-0.2, 0) is 4.79 Å². The third kappa shape index (κ3) is 3.40. The van der Waals surface area contributed by atoms with Crippen LogP contribution in [0.5, 0.6) is 0 Å². The van der Waals surface area contributed by atoms with E-state index in [2.05, 4.69) is 0 Å². The second-order valence-electron chi connectivity index (χ2n) is 3.54. The zero-order valence-corrected chi connectivity index (χ0v) is 9.72. The molecule has 1 aliphatic rings. The van der Waals surface area contributed by atoms with Crippen LogP contribution in [0.4, 0.5) is 22.4 Å². The van der Waals surface area contributed by atoms with E-state index in [1.165, 1.54) is 0 Å². The Balaban J connectivity index is 2.53. The fraction of sp³-hybridized carbons (Fsp3) is 0.750. The van der Waals surface area contributed by atoms with Gasteiger partial charge in [-0.1, -0.05) is 0 Å². The van der Waals surface area contributed by atoms with Crippen LogP contribution in [0.2, 0.25) is 0 Å². The number of alkyl halides is 4. The molecule has 1 fully saturated rings. The number of amides is 2. The Kier molecular flexibility index (Phi) is 4.65. The molecule has 1 rings (SSSR count). The van der Waals surface area contributed by atoms with E-state index < -0.39 is 36.9 Å². The normalized spacial score (nSPS) is 20.3. The number of hydrogen-bond donors (Lipinski definition) is 2. The van der Waals surface area contributed by atoms with Crippen molar-refractivity contribution in [3.05, 3.63) is 0 Å². The standard InChI is InChI=1S/C8H10F4N2O3S/c9-6(10)8(11,12)2-13-7(17)14-3-18-1-4(14)5(15)16/h4,6H,1-3H2,(H,13,17)(H,15,16). The number of hydrogen-bond acceptors (Lipinski definition) is 3. The van der Waals surface area contributed by atoms with Crippen LogP contribution in [-0.4, -0.2) is 58.6 Å². The maximum atomic E-state index is 12.5. The molecule has 0 aromatic rings. The Morgan fingerprint density at radius 2 is 2.11 bits per heavy atom. The van der Waals surface area contributed by atoms with Crippen molar-refractivity contribution >= 4 is 23.8 Å². The molecular formula is C8H10F4N2O3S. The summed E-state index contributed by atoms with van der Waals surface area (Å²) in [6, 6.07) is -2.22. The van der Waals surface area contributed by atoms with Gasteiger partial charge in [0.05, 0.1) is 12.4 Å².